The fraction of sp³-hybridized carbons (Fsp3) is 0.190. The minimum Gasteiger partial charge on any atom is -0.505 e. The van der Waals surface area contributed by atoms with Crippen LogP contribution in [0.4, 0.5) is 8.78 Å². The van der Waals surface area contributed by atoms with E-state index in [4.69, 9.17) is 5.11 Å². The lowest BCUT2D eigenvalue weighted by Crippen LogP contribution is -2.27. The molecule has 0 saturated heterocycles. The summed E-state index contributed by atoms with van der Waals surface area (Å²) in [5, 5.41) is 20.8. The number of carbonyl (C=O) groups excluding carboxylic acids is 2. The quantitative estimate of drug-likeness (QED) is 0.573. The first kappa shape index (κ1) is 21.0. The number of nitrogens with one attached hydrogen (secondary N) is 1. The second-order valence-electron chi connectivity index (χ2n) is 6.68. The third-order valence-electron chi connectivity index (χ3n) is 4.69. The number of carboxylic acids is 1. The molecule has 0 unspecified atom stereocenters. The molecule has 156 valence electrons. The SMILES string of the molecule is Cc1c(CC(=O)NCCC(=O)O)c2c(F)c(O)ccc2n1C(=O)c1cccc(F)c1. The van der Waals surface area contributed by atoms with Crippen molar-refractivity contribution >= 4 is 28.7 Å². The van der Waals surface area contributed by atoms with Gasteiger partial charge in [-0.15, -0.1) is 0 Å². The van der Waals surface area contributed by atoms with Gasteiger partial charge < -0.3 is 15.5 Å². The standard InChI is InChI=1S/C21H18F2N2O5/c1-11-14(10-17(27)24-8-7-18(28)29)19-15(5-6-16(26)20(19)23)25(11)21(30)12-3-2-4-13(22)9-12/h2-6,9,26H,7-8,10H2,1H3,(H,24,27)(H,28,29). The van der Waals surface area contributed by atoms with E-state index >= 15 is 0 Å². The minimum atomic E-state index is -1.08. The average Bonchev–Trinajstić information content (AvgIpc) is 2.96. The molecule has 0 aliphatic heterocycles. The van der Waals surface area contributed by atoms with Gasteiger partial charge in [0.25, 0.3) is 5.91 Å². The topological polar surface area (TPSA) is 109 Å². The molecule has 30 heavy (non-hydrogen) atoms. The smallest absolute Gasteiger partial charge is 0.305 e. The molecule has 0 saturated carbocycles. The number of aromatic nitrogens is 1. The molecule has 1 aromatic heterocycles. The van der Waals surface area contributed by atoms with E-state index in [0.717, 1.165) is 16.7 Å². The van der Waals surface area contributed by atoms with Gasteiger partial charge in [0.1, 0.15) is 5.82 Å². The molecule has 0 radical (unpaired) electrons. The number of phenols is 1. The normalized spacial score (nSPS) is 10.9. The first-order chi connectivity index (χ1) is 14.2. The van der Waals surface area contributed by atoms with Gasteiger partial charge in [-0.25, -0.2) is 8.78 Å². The Labute approximate surface area is 169 Å². The van der Waals surface area contributed by atoms with Crippen molar-refractivity contribution in [3.63, 3.8) is 0 Å². The predicted molar refractivity (Wildman–Crippen MR) is 103 cm³/mol. The average molecular weight is 416 g/mol. The van der Waals surface area contributed by atoms with Gasteiger partial charge in [0.2, 0.25) is 5.91 Å². The molecule has 0 aliphatic rings. The van der Waals surface area contributed by atoms with Gasteiger partial charge in [0.05, 0.1) is 18.4 Å². The monoisotopic (exact) mass is 416 g/mol. The van der Waals surface area contributed by atoms with Crippen LogP contribution in [0.1, 0.15) is 28.0 Å². The van der Waals surface area contributed by atoms with Gasteiger partial charge in [-0.2, -0.15) is 0 Å². The van der Waals surface area contributed by atoms with Crippen LogP contribution in [-0.2, 0) is 16.0 Å². The molecular weight excluding hydrogens is 398 g/mol. The van der Waals surface area contributed by atoms with Gasteiger partial charge in [0, 0.05) is 23.2 Å². The maximum absolute atomic E-state index is 14.7. The van der Waals surface area contributed by atoms with E-state index in [1.807, 2.05) is 0 Å². The van der Waals surface area contributed by atoms with Gasteiger partial charge in [-0.05, 0) is 42.8 Å². The fourth-order valence-electron chi connectivity index (χ4n) is 3.29. The molecule has 1 heterocycles. The fourth-order valence-corrected chi connectivity index (χ4v) is 3.29. The molecule has 0 atom stereocenters. The number of rotatable bonds is 6. The number of halogens is 2. The lowest BCUT2D eigenvalue weighted by Gasteiger charge is -2.08. The van der Waals surface area contributed by atoms with E-state index < -0.39 is 35.2 Å². The van der Waals surface area contributed by atoms with Crippen LogP contribution in [0.25, 0.3) is 10.9 Å². The highest BCUT2D eigenvalue weighted by molar-refractivity contribution is 6.05. The maximum atomic E-state index is 14.7. The summed E-state index contributed by atoms with van der Waals surface area (Å²) in [7, 11) is 0. The van der Waals surface area contributed by atoms with Crippen LogP contribution in [-0.4, -0.2) is 39.1 Å². The van der Waals surface area contributed by atoms with Crippen LogP contribution >= 0.6 is 0 Å². The van der Waals surface area contributed by atoms with Crippen molar-refractivity contribution in [1.82, 2.24) is 9.88 Å². The molecule has 1 amide bonds. The first-order valence-corrected chi connectivity index (χ1v) is 9.00. The van der Waals surface area contributed by atoms with E-state index in [-0.39, 0.29) is 47.1 Å². The molecule has 0 fully saturated rings. The number of carboxylic acid groups (broad SMARTS) is 1. The van der Waals surface area contributed by atoms with E-state index in [0.29, 0.717) is 0 Å². The Bertz CT molecular complexity index is 1170. The number of hydrogen-bond donors (Lipinski definition) is 3. The van der Waals surface area contributed by atoms with Crippen LogP contribution in [0.3, 0.4) is 0 Å². The van der Waals surface area contributed by atoms with Gasteiger partial charge in [-0.1, -0.05) is 6.07 Å². The third-order valence-corrected chi connectivity index (χ3v) is 4.69. The number of nitrogens with zero attached hydrogens (tertiary/aromatic N) is 1. The number of carbonyl (C=O) groups is 3. The van der Waals surface area contributed by atoms with Crippen LogP contribution in [0.15, 0.2) is 36.4 Å². The lowest BCUT2D eigenvalue weighted by atomic mass is 10.1. The van der Waals surface area contributed by atoms with Gasteiger partial charge in [-0.3, -0.25) is 19.0 Å². The molecule has 7 nitrogen and oxygen atoms in total. The molecule has 2 aromatic carbocycles. The Kier molecular flexibility index (Phi) is 5.81. The Hall–Kier alpha value is -3.75. The van der Waals surface area contributed by atoms with Gasteiger partial charge >= 0.3 is 5.97 Å². The summed E-state index contributed by atoms with van der Waals surface area (Å²) < 4.78 is 29.5. The van der Waals surface area contributed by atoms with Crippen molar-refractivity contribution in [2.75, 3.05) is 6.54 Å². The number of aromatic hydroxyl groups is 1. The highest BCUT2D eigenvalue weighted by Crippen LogP contribution is 2.33. The van der Waals surface area contributed by atoms with Crippen LogP contribution in [0.2, 0.25) is 0 Å². The third kappa shape index (κ3) is 4.00. The molecule has 0 spiro atoms. The van der Waals surface area contributed by atoms with Crippen molar-refractivity contribution in [3.8, 4) is 5.75 Å². The van der Waals surface area contributed by atoms with E-state index in [1.165, 1.54) is 31.2 Å². The Morgan fingerprint density at radius 3 is 2.53 bits per heavy atom. The Morgan fingerprint density at radius 1 is 1.13 bits per heavy atom. The molecular formula is C21H18F2N2O5. The number of amides is 1. The molecule has 0 aliphatic carbocycles. The number of hydrogen-bond acceptors (Lipinski definition) is 4. The Balaban J connectivity index is 2.08. The van der Waals surface area contributed by atoms with E-state index in [9.17, 15) is 28.3 Å². The second-order valence-corrected chi connectivity index (χ2v) is 6.68. The van der Waals surface area contributed by atoms with Gasteiger partial charge in [0.15, 0.2) is 11.6 Å². The van der Waals surface area contributed by atoms with Crippen molar-refractivity contribution in [2.24, 2.45) is 0 Å². The first-order valence-electron chi connectivity index (χ1n) is 9.00. The maximum Gasteiger partial charge on any atom is 0.305 e. The molecule has 3 aromatic rings. The van der Waals surface area contributed by atoms with Crippen molar-refractivity contribution < 1.29 is 33.4 Å². The Morgan fingerprint density at radius 2 is 1.87 bits per heavy atom. The van der Waals surface area contributed by atoms with E-state index in [2.05, 4.69) is 5.32 Å². The van der Waals surface area contributed by atoms with Crippen molar-refractivity contribution in [1.29, 1.82) is 0 Å². The predicted octanol–water partition coefficient (Wildman–Crippen LogP) is 2.76. The summed E-state index contributed by atoms with van der Waals surface area (Å²) in [6, 6.07) is 7.43. The molecule has 0 bridgehead atoms. The van der Waals surface area contributed by atoms with Crippen LogP contribution in [0, 0.1) is 18.6 Å². The molecule has 3 rings (SSSR count). The second kappa shape index (κ2) is 8.32. The summed E-state index contributed by atoms with van der Waals surface area (Å²) in [6.45, 7) is 1.40. The van der Waals surface area contributed by atoms with Crippen LogP contribution in [0.5, 0.6) is 5.75 Å². The zero-order valence-electron chi connectivity index (χ0n) is 15.9. The summed E-state index contributed by atoms with van der Waals surface area (Å²) >= 11 is 0. The highest BCUT2D eigenvalue weighted by atomic mass is 19.1. The number of fused-ring (bicyclic) bond motifs is 1. The zero-order valence-corrected chi connectivity index (χ0v) is 15.9. The summed E-state index contributed by atoms with van der Waals surface area (Å²) in [4.78, 5) is 35.9. The molecule has 3 N–H and O–H groups in total. The largest absolute Gasteiger partial charge is 0.505 e. The number of phenolic OH excluding ortho intramolecular Hbond substituents is 1. The zero-order chi connectivity index (χ0) is 22.0. The number of benzene rings is 2. The van der Waals surface area contributed by atoms with Crippen molar-refractivity contribution in [2.45, 2.75) is 19.8 Å². The summed E-state index contributed by atoms with van der Waals surface area (Å²) in [5.41, 5.74) is 0.555. The lowest BCUT2D eigenvalue weighted by molar-refractivity contribution is -0.136. The van der Waals surface area contributed by atoms with Crippen LogP contribution < -0.4 is 5.32 Å². The summed E-state index contributed by atoms with van der Waals surface area (Å²) in [6.07, 6.45) is -0.620. The van der Waals surface area contributed by atoms with E-state index in [1.54, 1.807) is 0 Å². The summed E-state index contributed by atoms with van der Waals surface area (Å²) in [5.74, 6) is -4.53. The van der Waals surface area contributed by atoms with Crippen molar-refractivity contribution in [3.05, 3.63) is 64.9 Å². The number of aliphatic carboxylic acids is 1. The highest BCUT2D eigenvalue weighted by Gasteiger charge is 2.25. The molecule has 9 heteroatoms. The minimum absolute atomic E-state index is 0.0287.